The van der Waals surface area contributed by atoms with Gasteiger partial charge in [-0.2, -0.15) is 0 Å². The van der Waals surface area contributed by atoms with Crippen molar-refractivity contribution < 1.29 is 28.2 Å². The lowest BCUT2D eigenvalue weighted by molar-refractivity contribution is -0.119. The number of hydrogen-bond donors (Lipinski definition) is 0. The zero-order valence-corrected chi connectivity index (χ0v) is 24.0. The number of ketones is 1. The number of rotatable bonds is 9. The molecule has 0 unspecified atom stereocenters. The molecule has 0 aromatic carbocycles. The molecule has 0 amide bonds. The molecule has 0 N–H and O–H groups in total. The first-order valence-electron chi connectivity index (χ1n) is 12.1. The predicted octanol–water partition coefficient (Wildman–Crippen LogP) is 6.00. The second-order valence-corrected chi connectivity index (χ2v) is 22.7. The van der Waals surface area contributed by atoms with Gasteiger partial charge in [0.2, 0.25) is 5.78 Å². The van der Waals surface area contributed by atoms with E-state index >= 15 is 0 Å². The van der Waals surface area contributed by atoms with E-state index in [0.29, 0.717) is 17.9 Å². The molecule has 3 atom stereocenters. The first kappa shape index (κ1) is 26.9. The molecule has 9 heteroatoms. The molecule has 3 rings (SSSR count). The summed E-state index contributed by atoms with van der Waals surface area (Å²) < 4.78 is 25.4. The summed E-state index contributed by atoms with van der Waals surface area (Å²) in [6.07, 6.45) is 0.446. The van der Waals surface area contributed by atoms with Crippen molar-refractivity contribution in [3.8, 4) is 0 Å². The van der Waals surface area contributed by atoms with E-state index in [2.05, 4.69) is 60.1 Å². The Bertz CT molecular complexity index is 942. The van der Waals surface area contributed by atoms with Gasteiger partial charge in [0.05, 0.1) is 11.8 Å². The molecule has 1 aromatic rings. The molecule has 1 aliphatic heterocycles. The summed E-state index contributed by atoms with van der Waals surface area (Å²) in [5.74, 6) is -0.246. The van der Waals surface area contributed by atoms with Gasteiger partial charge in [-0.1, -0.05) is 47.0 Å². The van der Waals surface area contributed by atoms with Crippen LogP contribution in [0.25, 0.3) is 0 Å². The second-order valence-electron chi connectivity index (χ2n) is 12.3. The summed E-state index contributed by atoms with van der Waals surface area (Å²) in [4.78, 5) is 26.2. The van der Waals surface area contributed by atoms with Crippen LogP contribution in [-0.2, 0) is 25.4 Å². The largest absolute Gasteiger partial charge is 0.509 e. The highest BCUT2D eigenvalue weighted by Crippen LogP contribution is 2.46. The van der Waals surface area contributed by atoms with Gasteiger partial charge in [0.1, 0.15) is 12.8 Å². The first-order valence-corrected chi connectivity index (χ1v) is 18.7. The molecule has 1 aliphatic carbocycles. The number of nitrogens with zero attached hydrogens (tertiary/aromatic N) is 1. The fraction of sp³-hybridized carbons (Fsp3) is 0.680. The summed E-state index contributed by atoms with van der Waals surface area (Å²) in [5.41, 5.74) is -0.183. The lowest BCUT2D eigenvalue weighted by Crippen LogP contribution is -2.60. The number of carbonyl (C=O) groups excluding carboxylic acids is 2. The van der Waals surface area contributed by atoms with Gasteiger partial charge in [-0.15, -0.1) is 0 Å². The van der Waals surface area contributed by atoms with Crippen LogP contribution in [-0.4, -0.2) is 57.3 Å². The number of Topliss-reactive ketones (excluding diaryl/α,β-unsaturated/α-hetero) is 1. The van der Waals surface area contributed by atoms with Gasteiger partial charge in [0, 0.05) is 33.7 Å². The Balaban J connectivity index is 1.83. The van der Waals surface area contributed by atoms with E-state index in [9.17, 15) is 9.59 Å². The molecule has 2 bridgehead atoms. The van der Waals surface area contributed by atoms with Crippen LogP contribution in [0.1, 0.15) is 44.1 Å². The van der Waals surface area contributed by atoms with Crippen LogP contribution < -0.4 is 0 Å². The zero-order valence-electron chi connectivity index (χ0n) is 22.0. The van der Waals surface area contributed by atoms with Crippen molar-refractivity contribution in [2.75, 3.05) is 6.61 Å². The molecule has 1 aromatic heterocycles. The first-order chi connectivity index (χ1) is 15.5. The van der Waals surface area contributed by atoms with E-state index in [1.54, 1.807) is 10.6 Å². The highest BCUT2D eigenvalue weighted by Gasteiger charge is 2.57. The molecule has 1 saturated heterocycles. The van der Waals surface area contributed by atoms with Crippen LogP contribution in [0.15, 0.2) is 30.5 Å². The quantitative estimate of drug-likeness (QED) is 0.134. The Kier molecular flexibility index (Phi) is 7.44. The molecular weight excluding hydrogens is 466 g/mol. The molecule has 0 spiro atoms. The fourth-order valence-electron chi connectivity index (χ4n) is 4.04. The number of ether oxygens (including phenoxy) is 3. The Morgan fingerprint density at radius 1 is 1.24 bits per heavy atom. The van der Waals surface area contributed by atoms with Gasteiger partial charge in [-0.3, -0.25) is 4.79 Å². The van der Waals surface area contributed by atoms with E-state index in [4.69, 9.17) is 18.6 Å². The Morgan fingerprint density at radius 2 is 1.91 bits per heavy atom. The molecule has 1 saturated carbocycles. The van der Waals surface area contributed by atoms with Crippen LogP contribution in [0.2, 0.25) is 43.8 Å². The highest BCUT2D eigenvalue weighted by atomic mass is 28.4. The Hall–Kier alpha value is -1.69. The van der Waals surface area contributed by atoms with Crippen molar-refractivity contribution in [1.29, 1.82) is 0 Å². The SMILES string of the molecule is C=C1[C@H]2C[C@@](C(=O)c3cccn3COCC[Si](C)(C)C)(C[C@H]1O[Si](C)(C)C(C)(C)C)OC(=O)O2. The van der Waals surface area contributed by atoms with Crippen molar-refractivity contribution in [3.63, 3.8) is 0 Å². The lowest BCUT2D eigenvalue weighted by atomic mass is 9.75. The molecule has 7 nitrogen and oxygen atoms in total. The number of hydrogen-bond acceptors (Lipinski definition) is 6. The van der Waals surface area contributed by atoms with Crippen molar-refractivity contribution in [1.82, 2.24) is 4.57 Å². The summed E-state index contributed by atoms with van der Waals surface area (Å²) >= 11 is 0. The van der Waals surface area contributed by atoms with E-state index in [1.807, 2.05) is 12.3 Å². The van der Waals surface area contributed by atoms with Crippen LogP contribution in [0, 0.1) is 0 Å². The molecule has 2 aliphatic rings. The molecule has 0 radical (unpaired) electrons. The van der Waals surface area contributed by atoms with Crippen molar-refractivity contribution in [2.45, 2.75) is 102 Å². The van der Waals surface area contributed by atoms with Gasteiger partial charge < -0.3 is 23.2 Å². The highest BCUT2D eigenvalue weighted by molar-refractivity contribution is 6.76. The number of carbonyl (C=O) groups is 2. The lowest BCUT2D eigenvalue weighted by Gasteiger charge is -2.49. The van der Waals surface area contributed by atoms with E-state index in [0.717, 1.165) is 6.04 Å². The topological polar surface area (TPSA) is 76.0 Å². The van der Waals surface area contributed by atoms with Crippen LogP contribution in [0.5, 0.6) is 0 Å². The van der Waals surface area contributed by atoms with Gasteiger partial charge in [0.25, 0.3) is 0 Å². The van der Waals surface area contributed by atoms with E-state index in [1.165, 1.54) is 0 Å². The fourth-order valence-corrected chi connectivity index (χ4v) is 6.10. The number of fused-ring (bicyclic) bond motifs is 2. The molecule has 34 heavy (non-hydrogen) atoms. The number of aromatic nitrogens is 1. The Morgan fingerprint density at radius 3 is 2.53 bits per heavy atom. The van der Waals surface area contributed by atoms with Crippen molar-refractivity contribution >= 4 is 28.3 Å². The average Bonchev–Trinajstić information content (AvgIpc) is 3.15. The summed E-state index contributed by atoms with van der Waals surface area (Å²) in [7, 11) is -3.38. The minimum atomic E-state index is -2.17. The summed E-state index contributed by atoms with van der Waals surface area (Å²) in [6.45, 7) is 22.8. The minimum absolute atomic E-state index is 0.0174. The average molecular weight is 508 g/mol. The van der Waals surface area contributed by atoms with Crippen LogP contribution >= 0.6 is 0 Å². The molecule has 190 valence electrons. The predicted molar refractivity (Wildman–Crippen MR) is 137 cm³/mol. The monoisotopic (exact) mass is 507 g/mol. The van der Waals surface area contributed by atoms with Crippen LogP contribution in [0.4, 0.5) is 4.79 Å². The second kappa shape index (κ2) is 9.40. The summed E-state index contributed by atoms with van der Waals surface area (Å²) in [5, 5.41) is -0.0174. The Labute approximate surface area is 205 Å². The van der Waals surface area contributed by atoms with Gasteiger partial charge >= 0.3 is 6.16 Å². The zero-order chi connectivity index (χ0) is 25.5. The minimum Gasteiger partial charge on any atom is -0.426 e. The molecular formula is C25H41NO6Si2. The third kappa shape index (κ3) is 5.75. The third-order valence-corrected chi connectivity index (χ3v) is 13.5. The van der Waals surface area contributed by atoms with Gasteiger partial charge in [-0.05, 0) is 41.9 Å². The smallest absolute Gasteiger partial charge is 0.426 e. The van der Waals surface area contributed by atoms with Gasteiger partial charge in [0.15, 0.2) is 13.9 Å². The van der Waals surface area contributed by atoms with E-state index < -0.39 is 40.4 Å². The maximum Gasteiger partial charge on any atom is 0.509 e. The van der Waals surface area contributed by atoms with Crippen LogP contribution in [0.3, 0.4) is 0 Å². The van der Waals surface area contributed by atoms with Crippen molar-refractivity contribution in [2.24, 2.45) is 0 Å². The third-order valence-electron chi connectivity index (χ3n) is 7.32. The normalized spacial score (nSPS) is 25.6. The van der Waals surface area contributed by atoms with E-state index in [-0.39, 0.29) is 30.4 Å². The molecule has 2 heterocycles. The molecule has 2 fully saturated rings. The maximum atomic E-state index is 13.9. The van der Waals surface area contributed by atoms with Gasteiger partial charge in [-0.25, -0.2) is 4.79 Å². The maximum absolute atomic E-state index is 13.9. The summed E-state index contributed by atoms with van der Waals surface area (Å²) in [6, 6.07) is 4.62. The van der Waals surface area contributed by atoms with Crippen molar-refractivity contribution in [3.05, 3.63) is 36.2 Å². The standard InChI is InChI=1S/C25H41NO6Si2/c1-18-20-15-25(31-23(28)30-20,16-21(18)32-34(8,9)24(2,3)4)22(27)19-11-10-12-26(19)17-29-13-14-33(5,6)7/h10-12,20-21H,1,13-17H2,2-9H3/t20-,21-,25+/m1/s1.